The van der Waals surface area contributed by atoms with E-state index in [0.29, 0.717) is 10.9 Å². The molecule has 1 fully saturated rings. The SMILES string of the molecule is O=C1NC(C(=O)Nc2nc3c(s2)CNCC3)CS1. The lowest BCUT2D eigenvalue weighted by Gasteiger charge is -2.09. The lowest BCUT2D eigenvalue weighted by molar-refractivity contribution is -0.117. The van der Waals surface area contributed by atoms with E-state index in [0.717, 1.165) is 37.0 Å². The van der Waals surface area contributed by atoms with Crippen LogP contribution in [0.25, 0.3) is 0 Å². The molecule has 8 heteroatoms. The maximum atomic E-state index is 11.9. The van der Waals surface area contributed by atoms with Gasteiger partial charge in [0.25, 0.3) is 5.24 Å². The van der Waals surface area contributed by atoms with Gasteiger partial charge in [-0.1, -0.05) is 11.8 Å². The number of thiazole rings is 1. The van der Waals surface area contributed by atoms with Crippen LogP contribution < -0.4 is 16.0 Å². The van der Waals surface area contributed by atoms with Gasteiger partial charge in [0.05, 0.1) is 5.69 Å². The fourth-order valence-corrected chi connectivity index (χ4v) is 3.66. The van der Waals surface area contributed by atoms with Crippen molar-refractivity contribution < 1.29 is 9.59 Å². The summed E-state index contributed by atoms with van der Waals surface area (Å²) in [5.41, 5.74) is 1.07. The third-order valence-electron chi connectivity index (χ3n) is 2.82. The number of rotatable bonds is 2. The van der Waals surface area contributed by atoms with Crippen LogP contribution in [-0.2, 0) is 17.8 Å². The highest BCUT2D eigenvalue weighted by Gasteiger charge is 2.28. The summed E-state index contributed by atoms with van der Waals surface area (Å²) in [5.74, 6) is 0.296. The van der Waals surface area contributed by atoms with E-state index < -0.39 is 6.04 Å². The molecule has 0 spiro atoms. The molecular formula is C10H12N4O2S2. The number of carbonyl (C=O) groups excluding carboxylic acids is 2. The fraction of sp³-hybridized carbons (Fsp3) is 0.500. The van der Waals surface area contributed by atoms with Gasteiger partial charge >= 0.3 is 0 Å². The minimum atomic E-state index is -0.443. The Labute approximate surface area is 112 Å². The summed E-state index contributed by atoms with van der Waals surface area (Å²) in [6.45, 7) is 1.75. The van der Waals surface area contributed by atoms with Gasteiger partial charge in [-0.2, -0.15) is 0 Å². The van der Waals surface area contributed by atoms with Crippen LogP contribution >= 0.6 is 23.1 Å². The number of fused-ring (bicyclic) bond motifs is 1. The number of nitrogens with one attached hydrogen (secondary N) is 3. The number of hydrogen-bond donors (Lipinski definition) is 3. The summed E-state index contributed by atoms with van der Waals surface area (Å²) >= 11 is 2.63. The van der Waals surface area contributed by atoms with Crippen LogP contribution in [0.5, 0.6) is 0 Å². The van der Waals surface area contributed by atoms with Crippen molar-refractivity contribution in [2.24, 2.45) is 0 Å². The van der Waals surface area contributed by atoms with Crippen LogP contribution in [0.15, 0.2) is 0 Å². The zero-order valence-corrected chi connectivity index (χ0v) is 11.1. The molecule has 1 aromatic heterocycles. The van der Waals surface area contributed by atoms with Crippen LogP contribution in [0.3, 0.4) is 0 Å². The Kier molecular flexibility index (Phi) is 3.23. The molecule has 1 aromatic rings. The number of amides is 2. The first-order valence-corrected chi connectivity index (χ1v) is 7.46. The zero-order valence-electron chi connectivity index (χ0n) is 9.49. The van der Waals surface area contributed by atoms with Gasteiger partial charge < -0.3 is 16.0 Å². The molecule has 0 saturated carbocycles. The summed E-state index contributed by atoms with van der Waals surface area (Å²) in [4.78, 5) is 28.5. The van der Waals surface area contributed by atoms with Crippen molar-refractivity contribution in [3.05, 3.63) is 10.6 Å². The molecular weight excluding hydrogens is 272 g/mol. The molecule has 1 atom stereocenters. The van der Waals surface area contributed by atoms with Gasteiger partial charge in [-0.15, -0.1) is 11.3 Å². The molecule has 3 rings (SSSR count). The summed E-state index contributed by atoms with van der Waals surface area (Å²) < 4.78 is 0. The average Bonchev–Trinajstić information content (AvgIpc) is 2.94. The van der Waals surface area contributed by atoms with Gasteiger partial charge in [-0.3, -0.25) is 9.59 Å². The minimum Gasteiger partial charge on any atom is -0.334 e. The molecule has 18 heavy (non-hydrogen) atoms. The summed E-state index contributed by atoms with van der Waals surface area (Å²) in [7, 11) is 0. The third kappa shape index (κ3) is 2.36. The molecule has 3 N–H and O–H groups in total. The Morgan fingerprint density at radius 1 is 1.50 bits per heavy atom. The molecule has 2 aliphatic heterocycles. The summed E-state index contributed by atoms with van der Waals surface area (Å²) in [6.07, 6.45) is 0.901. The Morgan fingerprint density at radius 2 is 2.39 bits per heavy atom. The highest BCUT2D eigenvalue weighted by atomic mass is 32.2. The van der Waals surface area contributed by atoms with E-state index in [1.54, 1.807) is 0 Å². The van der Waals surface area contributed by atoms with Crippen molar-refractivity contribution in [2.45, 2.75) is 19.0 Å². The molecule has 2 amide bonds. The van der Waals surface area contributed by atoms with Crippen LogP contribution in [0, 0.1) is 0 Å². The highest BCUT2D eigenvalue weighted by Crippen LogP contribution is 2.25. The maximum absolute atomic E-state index is 11.9. The predicted octanol–water partition coefficient (Wildman–Crippen LogP) is 0.552. The van der Waals surface area contributed by atoms with Crippen LogP contribution in [0.4, 0.5) is 9.93 Å². The summed E-state index contributed by atoms with van der Waals surface area (Å²) in [6, 6.07) is -0.443. The van der Waals surface area contributed by atoms with E-state index in [1.165, 1.54) is 16.2 Å². The van der Waals surface area contributed by atoms with Crippen LogP contribution in [0.1, 0.15) is 10.6 Å². The van der Waals surface area contributed by atoms with Crippen molar-refractivity contribution in [3.8, 4) is 0 Å². The van der Waals surface area contributed by atoms with Gasteiger partial charge in [0.2, 0.25) is 5.91 Å². The molecule has 1 saturated heterocycles. The summed E-state index contributed by atoms with van der Waals surface area (Å²) in [5, 5.41) is 9.14. The molecule has 1 unspecified atom stereocenters. The van der Waals surface area contributed by atoms with Gasteiger partial charge in [-0.05, 0) is 0 Å². The molecule has 0 aliphatic carbocycles. The van der Waals surface area contributed by atoms with E-state index >= 15 is 0 Å². The van der Waals surface area contributed by atoms with E-state index in [9.17, 15) is 9.59 Å². The second-order valence-electron chi connectivity index (χ2n) is 4.10. The predicted molar refractivity (Wildman–Crippen MR) is 70.9 cm³/mol. The average molecular weight is 284 g/mol. The molecule has 2 aliphatic rings. The van der Waals surface area contributed by atoms with Crippen molar-refractivity contribution in [1.82, 2.24) is 15.6 Å². The minimum absolute atomic E-state index is 0.141. The fourth-order valence-electron chi connectivity index (χ4n) is 1.90. The van der Waals surface area contributed by atoms with Gasteiger partial charge in [-0.25, -0.2) is 4.98 Å². The number of anilines is 1. The standard InChI is InChI=1S/C10H12N4O2S2/c15-8(6-4-17-10(16)13-6)14-9-12-5-1-2-11-3-7(5)18-9/h6,11H,1-4H2,(H,13,16)(H,12,14,15). The van der Waals surface area contributed by atoms with Gasteiger partial charge in [0.15, 0.2) is 5.13 Å². The van der Waals surface area contributed by atoms with Crippen molar-refractivity contribution in [2.75, 3.05) is 17.6 Å². The molecule has 0 aromatic carbocycles. The number of carbonyl (C=O) groups is 2. The van der Waals surface area contributed by atoms with Crippen LogP contribution in [-0.4, -0.2) is 34.5 Å². The Morgan fingerprint density at radius 3 is 3.11 bits per heavy atom. The second kappa shape index (κ2) is 4.87. The van der Waals surface area contributed by atoms with Crippen LogP contribution in [0.2, 0.25) is 0 Å². The smallest absolute Gasteiger partial charge is 0.279 e. The van der Waals surface area contributed by atoms with E-state index in [1.807, 2.05) is 0 Å². The first kappa shape index (κ1) is 11.9. The number of thioether (sulfide) groups is 1. The lowest BCUT2D eigenvalue weighted by atomic mass is 10.2. The normalized spacial score (nSPS) is 22.4. The van der Waals surface area contributed by atoms with Gasteiger partial charge in [0, 0.05) is 30.1 Å². The Hall–Kier alpha value is -1.12. The molecule has 6 nitrogen and oxygen atoms in total. The quantitative estimate of drug-likeness (QED) is 0.739. The van der Waals surface area contributed by atoms with Crippen molar-refractivity contribution in [3.63, 3.8) is 0 Å². The van der Waals surface area contributed by atoms with E-state index in [-0.39, 0.29) is 11.1 Å². The van der Waals surface area contributed by atoms with E-state index in [4.69, 9.17) is 0 Å². The van der Waals surface area contributed by atoms with Crippen molar-refractivity contribution in [1.29, 1.82) is 0 Å². The monoisotopic (exact) mass is 284 g/mol. The molecule has 0 radical (unpaired) electrons. The number of hydrogen-bond acceptors (Lipinski definition) is 6. The first-order chi connectivity index (χ1) is 8.72. The second-order valence-corrected chi connectivity index (χ2v) is 6.18. The molecule has 0 bridgehead atoms. The number of nitrogens with zero attached hydrogens (tertiary/aromatic N) is 1. The largest absolute Gasteiger partial charge is 0.334 e. The lowest BCUT2D eigenvalue weighted by Crippen LogP contribution is -2.38. The van der Waals surface area contributed by atoms with Gasteiger partial charge in [0.1, 0.15) is 6.04 Å². The highest BCUT2D eigenvalue weighted by molar-refractivity contribution is 8.14. The number of aromatic nitrogens is 1. The van der Waals surface area contributed by atoms with E-state index in [2.05, 4.69) is 20.9 Å². The third-order valence-corrected chi connectivity index (χ3v) is 4.72. The topological polar surface area (TPSA) is 83.1 Å². The zero-order chi connectivity index (χ0) is 12.5. The Bertz CT molecular complexity index is 479. The molecule has 3 heterocycles. The first-order valence-electron chi connectivity index (χ1n) is 5.66. The maximum Gasteiger partial charge on any atom is 0.279 e. The Balaban J connectivity index is 1.67. The molecule has 96 valence electrons. The van der Waals surface area contributed by atoms with Crippen molar-refractivity contribution >= 4 is 39.4 Å².